The lowest BCUT2D eigenvalue weighted by atomic mass is 10.1. The van der Waals surface area contributed by atoms with E-state index in [9.17, 15) is 4.79 Å². The van der Waals surface area contributed by atoms with E-state index in [1.54, 1.807) is 0 Å². The molecule has 1 aromatic rings. The summed E-state index contributed by atoms with van der Waals surface area (Å²) in [5.74, 6) is 0.542. The molecule has 1 heterocycles. The first-order chi connectivity index (χ1) is 6.89. The van der Waals surface area contributed by atoms with E-state index in [0.29, 0.717) is 11.6 Å². The lowest BCUT2D eigenvalue weighted by Crippen LogP contribution is -2.35. The fourth-order valence-electron chi connectivity index (χ4n) is 2.01. The van der Waals surface area contributed by atoms with Crippen molar-refractivity contribution < 1.29 is 0 Å². The summed E-state index contributed by atoms with van der Waals surface area (Å²) >= 11 is 0. The number of aromatic nitrogens is 1. The minimum absolute atomic E-state index is 0.0180. The predicted molar refractivity (Wildman–Crippen MR) is 62.1 cm³/mol. The Kier molecular flexibility index (Phi) is 2.14. The van der Waals surface area contributed by atoms with Gasteiger partial charge in [-0.15, -0.1) is 0 Å². The van der Waals surface area contributed by atoms with Crippen LogP contribution in [0.25, 0.3) is 0 Å². The average molecular weight is 206 g/mol. The number of pyridine rings is 1. The Morgan fingerprint density at radius 2 is 1.93 bits per heavy atom. The lowest BCUT2D eigenvalue weighted by molar-refractivity contribution is 0.371. The van der Waals surface area contributed by atoms with Gasteiger partial charge < -0.3 is 10.3 Å². The van der Waals surface area contributed by atoms with E-state index in [2.05, 4.69) is 20.8 Å². The van der Waals surface area contributed by atoms with Gasteiger partial charge in [0.25, 0.3) is 5.56 Å². The number of nitrogens with zero attached hydrogens (tertiary/aromatic N) is 1. The monoisotopic (exact) mass is 206 g/mol. The van der Waals surface area contributed by atoms with E-state index in [1.807, 2.05) is 10.6 Å². The molecule has 0 aromatic carbocycles. The first-order valence-corrected chi connectivity index (χ1v) is 5.42. The van der Waals surface area contributed by atoms with Gasteiger partial charge in [0.15, 0.2) is 0 Å². The SMILES string of the molecule is CC(C)(C)n1c(C2CC2)cc(N)cc1=O. The Morgan fingerprint density at radius 1 is 1.33 bits per heavy atom. The number of nitrogen functional groups attached to an aromatic ring is 1. The predicted octanol–water partition coefficient (Wildman–Crippen LogP) is 2.06. The zero-order valence-electron chi connectivity index (χ0n) is 9.58. The van der Waals surface area contributed by atoms with E-state index in [0.717, 1.165) is 5.69 Å². The molecule has 15 heavy (non-hydrogen) atoms. The molecular weight excluding hydrogens is 188 g/mol. The smallest absolute Gasteiger partial charge is 0.253 e. The molecular formula is C12H18N2O. The van der Waals surface area contributed by atoms with Crippen molar-refractivity contribution in [1.29, 1.82) is 0 Å². The highest BCUT2D eigenvalue weighted by atomic mass is 16.1. The second kappa shape index (κ2) is 3.12. The molecule has 0 bridgehead atoms. The van der Waals surface area contributed by atoms with Crippen LogP contribution >= 0.6 is 0 Å². The molecule has 1 aliphatic rings. The molecule has 1 fully saturated rings. The van der Waals surface area contributed by atoms with Crippen molar-refractivity contribution in [3.8, 4) is 0 Å². The first-order valence-electron chi connectivity index (χ1n) is 5.42. The standard InChI is InChI=1S/C12H18N2O/c1-12(2,3)14-10(8-4-5-8)6-9(13)7-11(14)15/h6-8H,4-5,13H2,1-3H3. The van der Waals surface area contributed by atoms with Crippen molar-refractivity contribution in [2.75, 3.05) is 5.73 Å². The minimum atomic E-state index is -0.164. The summed E-state index contributed by atoms with van der Waals surface area (Å²) in [6.07, 6.45) is 2.36. The Hall–Kier alpha value is -1.25. The van der Waals surface area contributed by atoms with Gasteiger partial charge in [0.2, 0.25) is 0 Å². The maximum Gasteiger partial charge on any atom is 0.253 e. The largest absolute Gasteiger partial charge is 0.399 e. The molecule has 1 aromatic heterocycles. The maximum absolute atomic E-state index is 11.9. The van der Waals surface area contributed by atoms with Crippen LogP contribution in [-0.2, 0) is 5.54 Å². The molecule has 0 spiro atoms. The van der Waals surface area contributed by atoms with Gasteiger partial charge in [-0.1, -0.05) is 0 Å². The van der Waals surface area contributed by atoms with Gasteiger partial charge in [-0.05, 0) is 45.6 Å². The number of hydrogen-bond acceptors (Lipinski definition) is 2. The van der Waals surface area contributed by atoms with E-state index in [1.165, 1.54) is 18.9 Å². The van der Waals surface area contributed by atoms with Crippen LogP contribution in [0.3, 0.4) is 0 Å². The molecule has 2 N–H and O–H groups in total. The Bertz CT molecular complexity index is 436. The van der Waals surface area contributed by atoms with Crippen molar-refractivity contribution in [2.24, 2.45) is 0 Å². The Balaban J connectivity index is 2.65. The zero-order valence-corrected chi connectivity index (χ0v) is 9.58. The second-order valence-corrected chi connectivity index (χ2v) is 5.33. The van der Waals surface area contributed by atoms with Gasteiger partial charge in [-0.2, -0.15) is 0 Å². The van der Waals surface area contributed by atoms with E-state index in [4.69, 9.17) is 5.73 Å². The summed E-state index contributed by atoms with van der Waals surface area (Å²) in [6, 6.07) is 3.46. The third-order valence-electron chi connectivity index (χ3n) is 2.75. The normalized spacial score (nSPS) is 16.7. The molecule has 0 saturated heterocycles. The fraction of sp³-hybridized carbons (Fsp3) is 0.583. The summed E-state index contributed by atoms with van der Waals surface area (Å²) in [6.45, 7) is 6.16. The van der Waals surface area contributed by atoms with Crippen LogP contribution in [0.1, 0.15) is 45.2 Å². The number of anilines is 1. The van der Waals surface area contributed by atoms with Crippen LogP contribution in [0.2, 0.25) is 0 Å². The summed E-state index contributed by atoms with van der Waals surface area (Å²) in [4.78, 5) is 11.9. The van der Waals surface area contributed by atoms with Crippen LogP contribution < -0.4 is 11.3 Å². The number of hydrogen-bond donors (Lipinski definition) is 1. The summed E-state index contributed by atoms with van der Waals surface area (Å²) in [7, 11) is 0. The quantitative estimate of drug-likeness (QED) is 0.764. The van der Waals surface area contributed by atoms with Gasteiger partial charge in [-0.3, -0.25) is 4.79 Å². The van der Waals surface area contributed by atoms with Crippen LogP contribution in [-0.4, -0.2) is 4.57 Å². The highest BCUT2D eigenvalue weighted by Crippen LogP contribution is 2.41. The number of nitrogens with two attached hydrogens (primary N) is 1. The summed E-state index contributed by atoms with van der Waals surface area (Å²) < 4.78 is 1.88. The van der Waals surface area contributed by atoms with Gasteiger partial charge in [0.05, 0.1) is 0 Å². The van der Waals surface area contributed by atoms with Crippen molar-refractivity contribution in [3.63, 3.8) is 0 Å². The average Bonchev–Trinajstić information content (AvgIpc) is 2.80. The molecule has 0 atom stereocenters. The summed E-state index contributed by atoms with van der Waals surface area (Å²) in [5.41, 5.74) is 7.27. The zero-order chi connectivity index (χ0) is 11.2. The van der Waals surface area contributed by atoms with E-state index < -0.39 is 0 Å². The molecule has 1 saturated carbocycles. The highest BCUT2D eigenvalue weighted by molar-refractivity contribution is 5.40. The molecule has 3 heteroatoms. The van der Waals surface area contributed by atoms with Gasteiger partial charge in [0, 0.05) is 23.0 Å². The molecule has 0 amide bonds. The van der Waals surface area contributed by atoms with Gasteiger partial charge in [0.1, 0.15) is 0 Å². The Morgan fingerprint density at radius 3 is 2.40 bits per heavy atom. The van der Waals surface area contributed by atoms with Crippen molar-refractivity contribution in [2.45, 2.75) is 45.1 Å². The lowest BCUT2D eigenvalue weighted by Gasteiger charge is -2.26. The fourth-order valence-corrected chi connectivity index (χ4v) is 2.01. The number of rotatable bonds is 1. The van der Waals surface area contributed by atoms with Gasteiger partial charge in [-0.25, -0.2) is 0 Å². The highest BCUT2D eigenvalue weighted by Gasteiger charge is 2.30. The molecule has 82 valence electrons. The molecule has 1 aliphatic carbocycles. The molecule has 0 unspecified atom stereocenters. The topological polar surface area (TPSA) is 48.0 Å². The van der Waals surface area contributed by atoms with Crippen molar-refractivity contribution >= 4 is 5.69 Å². The maximum atomic E-state index is 11.9. The second-order valence-electron chi connectivity index (χ2n) is 5.33. The molecule has 2 rings (SSSR count). The Labute approximate surface area is 89.9 Å². The molecule has 0 radical (unpaired) electrons. The van der Waals surface area contributed by atoms with Crippen molar-refractivity contribution in [1.82, 2.24) is 4.57 Å². The molecule has 3 nitrogen and oxygen atoms in total. The first kappa shape index (κ1) is 10.3. The summed E-state index contributed by atoms with van der Waals surface area (Å²) in [5, 5.41) is 0. The van der Waals surface area contributed by atoms with Gasteiger partial charge >= 0.3 is 0 Å². The van der Waals surface area contributed by atoms with Crippen LogP contribution in [0.15, 0.2) is 16.9 Å². The van der Waals surface area contributed by atoms with Crippen LogP contribution in [0, 0.1) is 0 Å². The minimum Gasteiger partial charge on any atom is -0.399 e. The van der Waals surface area contributed by atoms with Crippen LogP contribution in [0.4, 0.5) is 5.69 Å². The third-order valence-corrected chi connectivity index (χ3v) is 2.75. The van der Waals surface area contributed by atoms with E-state index >= 15 is 0 Å². The van der Waals surface area contributed by atoms with E-state index in [-0.39, 0.29) is 11.1 Å². The molecule has 0 aliphatic heterocycles. The van der Waals surface area contributed by atoms with Crippen LogP contribution in [0.5, 0.6) is 0 Å². The van der Waals surface area contributed by atoms with Crippen molar-refractivity contribution in [3.05, 3.63) is 28.2 Å². The third kappa shape index (κ3) is 1.91.